The highest BCUT2D eigenvalue weighted by Crippen LogP contribution is 2.20. The van der Waals surface area contributed by atoms with Crippen LogP contribution in [0.4, 0.5) is 0 Å². The fourth-order valence-corrected chi connectivity index (χ4v) is 1.88. The van der Waals surface area contributed by atoms with Crippen LogP contribution in [0.25, 0.3) is 0 Å². The van der Waals surface area contributed by atoms with Crippen molar-refractivity contribution in [1.82, 2.24) is 5.43 Å². The molecular formula is C12H10N2O3S. The van der Waals surface area contributed by atoms with E-state index in [4.69, 9.17) is 5.11 Å². The molecule has 0 bridgehead atoms. The van der Waals surface area contributed by atoms with Gasteiger partial charge in [-0.3, -0.25) is 4.79 Å². The van der Waals surface area contributed by atoms with Crippen LogP contribution in [0.1, 0.15) is 15.2 Å². The largest absolute Gasteiger partial charge is 0.508 e. The Morgan fingerprint density at radius 3 is 2.83 bits per heavy atom. The number of nitrogens with one attached hydrogen (secondary N) is 1. The molecule has 1 aromatic heterocycles. The van der Waals surface area contributed by atoms with Gasteiger partial charge >= 0.3 is 0 Å². The van der Waals surface area contributed by atoms with Crippen LogP contribution >= 0.6 is 11.3 Å². The third kappa shape index (κ3) is 2.86. The number of aromatic hydroxyl groups is 2. The second-order valence-corrected chi connectivity index (χ2v) is 4.37. The Morgan fingerprint density at radius 1 is 1.33 bits per heavy atom. The summed E-state index contributed by atoms with van der Waals surface area (Å²) < 4.78 is 0. The molecule has 0 unspecified atom stereocenters. The topological polar surface area (TPSA) is 81.9 Å². The molecule has 0 spiro atoms. The first-order chi connectivity index (χ1) is 8.66. The Hall–Kier alpha value is -2.34. The van der Waals surface area contributed by atoms with Crippen molar-refractivity contribution in [3.8, 4) is 11.5 Å². The molecule has 1 amide bonds. The van der Waals surface area contributed by atoms with Gasteiger partial charge in [0.1, 0.15) is 11.5 Å². The Balaban J connectivity index is 2.01. The summed E-state index contributed by atoms with van der Waals surface area (Å²) in [4.78, 5) is 12.1. The van der Waals surface area contributed by atoms with Gasteiger partial charge < -0.3 is 10.2 Å². The number of rotatable bonds is 3. The summed E-state index contributed by atoms with van der Waals surface area (Å²) in [6, 6.07) is 7.57. The molecule has 1 heterocycles. The summed E-state index contributed by atoms with van der Waals surface area (Å²) >= 11 is 1.31. The first-order valence-electron chi connectivity index (χ1n) is 5.06. The molecule has 0 aliphatic carbocycles. The van der Waals surface area contributed by atoms with E-state index in [1.54, 1.807) is 17.5 Å². The number of phenolic OH excluding ortho intramolecular Hbond substituents is 2. The zero-order valence-electron chi connectivity index (χ0n) is 9.20. The maximum Gasteiger partial charge on any atom is 0.281 e. The molecule has 0 saturated carbocycles. The Kier molecular flexibility index (Phi) is 3.59. The fourth-order valence-electron chi connectivity index (χ4n) is 1.26. The number of hydrogen-bond donors (Lipinski definition) is 3. The zero-order chi connectivity index (χ0) is 13.0. The third-order valence-corrected chi connectivity index (χ3v) is 3.00. The lowest BCUT2D eigenvalue weighted by Gasteiger charge is -1.99. The first-order valence-corrected chi connectivity index (χ1v) is 5.93. The Labute approximate surface area is 107 Å². The smallest absolute Gasteiger partial charge is 0.281 e. The molecule has 1 aromatic carbocycles. The van der Waals surface area contributed by atoms with E-state index in [2.05, 4.69) is 10.5 Å². The number of phenols is 2. The second kappa shape index (κ2) is 5.33. The average molecular weight is 262 g/mol. The van der Waals surface area contributed by atoms with Crippen molar-refractivity contribution < 1.29 is 15.0 Å². The minimum absolute atomic E-state index is 0.0349. The van der Waals surface area contributed by atoms with Crippen LogP contribution in [0.3, 0.4) is 0 Å². The Morgan fingerprint density at radius 2 is 2.17 bits per heavy atom. The molecule has 92 valence electrons. The summed E-state index contributed by atoms with van der Waals surface area (Å²) in [5.74, 6) is -0.448. The minimum atomic E-state index is -0.306. The van der Waals surface area contributed by atoms with Gasteiger partial charge in [-0.25, -0.2) is 5.43 Å². The van der Waals surface area contributed by atoms with Gasteiger partial charge in [-0.15, -0.1) is 11.3 Å². The third-order valence-electron chi connectivity index (χ3n) is 2.13. The lowest BCUT2D eigenvalue weighted by Crippen LogP contribution is -2.16. The predicted octanol–water partition coefficient (Wildman–Crippen LogP) is 1.92. The highest BCUT2D eigenvalue weighted by atomic mass is 32.1. The normalized spacial score (nSPS) is 10.7. The van der Waals surface area contributed by atoms with Crippen molar-refractivity contribution in [2.24, 2.45) is 5.10 Å². The molecule has 0 fully saturated rings. The monoisotopic (exact) mass is 262 g/mol. The van der Waals surface area contributed by atoms with Gasteiger partial charge in [0, 0.05) is 11.6 Å². The van der Waals surface area contributed by atoms with Crippen molar-refractivity contribution in [2.75, 3.05) is 0 Å². The van der Waals surface area contributed by atoms with Crippen LogP contribution in [-0.4, -0.2) is 22.3 Å². The summed E-state index contributed by atoms with van der Waals surface area (Å²) in [6.45, 7) is 0. The molecule has 0 aliphatic heterocycles. The van der Waals surface area contributed by atoms with Gasteiger partial charge in [-0.05, 0) is 23.6 Å². The molecule has 0 aliphatic rings. The van der Waals surface area contributed by atoms with Gasteiger partial charge in [-0.1, -0.05) is 6.07 Å². The lowest BCUT2D eigenvalue weighted by atomic mass is 10.2. The van der Waals surface area contributed by atoms with Crippen molar-refractivity contribution in [1.29, 1.82) is 0 Å². The number of nitrogens with zero attached hydrogens (tertiary/aromatic N) is 1. The fraction of sp³-hybridized carbons (Fsp3) is 0. The highest BCUT2D eigenvalue weighted by Gasteiger charge is 2.04. The molecular weight excluding hydrogens is 252 g/mol. The number of hydrazone groups is 1. The lowest BCUT2D eigenvalue weighted by molar-refractivity contribution is 0.0959. The van der Waals surface area contributed by atoms with Gasteiger partial charge in [0.15, 0.2) is 0 Å². The van der Waals surface area contributed by atoms with E-state index in [1.807, 2.05) is 0 Å². The maximum absolute atomic E-state index is 11.5. The van der Waals surface area contributed by atoms with Crippen LogP contribution < -0.4 is 5.43 Å². The average Bonchev–Trinajstić information content (AvgIpc) is 2.85. The summed E-state index contributed by atoms with van der Waals surface area (Å²) in [6.07, 6.45) is 1.31. The predicted molar refractivity (Wildman–Crippen MR) is 69.2 cm³/mol. The van der Waals surface area contributed by atoms with Crippen molar-refractivity contribution in [3.63, 3.8) is 0 Å². The second-order valence-electron chi connectivity index (χ2n) is 3.42. The first kappa shape index (κ1) is 12.1. The van der Waals surface area contributed by atoms with E-state index in [1.165, 1.54) is 35.8 Å². The van der Waals surface area contributed by atoms with E-state index in [9.17, 15) is 9.90 Å². The molecule has 3 N–H and O–H groups in total. The zero-order valence-corrected chi connectivity index (χ0v) is 10.0. The van der Waals surface area contributed by atoms with Crippen LogP contribution in [0.15, 0.2) is 40.8 Å². The van der Waals surface area contributed by atoms with E-state index >= 15 is 0 Å². The molecule has 6 heteroatoms. The molecule has 5 nitrogen and oxygen atoms in total. The van der Waals surface area contributed by atoms with Gasteiger partial charge in [0.2, 0.25) is 0 Å². The molecule has 18 heavy (non-hydrogen) atoms. The SMILES string of the molecule is O=C(N/N=C/c1ccc(O)cc1O)c1cccs1. The quantitative estimate of drug-likeness (QED) is 0.584. The minimum Gasteiger partial charge on any atom is -0.508 e. The number of carbonyl (C=O) groups excluding carboxylic acids is 1. The van der Waals surface area contributed by atoms with Crippen LogP contribution in [0, 0.1) is 0 Å². The van der Waals surface area contributed by atoms with Gasteiger partial charge in [0.25, 0.3) is 5.91 Å². The number of amides is 1. The maximum atomic E-state index is 11.5. The van der Waals surface area contributed by atoms with E-state index in [0.29, 0.717) is 10.4 Å². The van der Waals surface area contributed by atoms with Crippen LogP contribution in [-0.2, 0) is 0 Å². The summed E-state index contributed by atoms with van der Waals surface area (Å²) in [7, 11) is 0. The summed E-state index contributed by atoms with van der Waals surface area (Å²) in [5, 5.41) is 24.1. The highest BCUT2D eigenvalue weighted by molar-refractivity contribution is 7.12. The number of thiophene rings is 1. The van der Waals surface area contributed by atoms with E-state index < -0.39 is 0 Å². The number of carbonyl (C=O) groups is 1. The molecule has 0 saturated heterocycles. The molecule has 0 radical (unpaired) electrons. The number of benzene rings is 1. The van der Waals surface area contributed by atoms with Crippen LogP contribution in [0.5, 0.6) is 11.5 Å². The molecule has 2 rings (SSSR count). The number of hydrogen-bond acceptors (Lipinski definition) is 5. The van der Waals surface area contributed by atoms with Gasteiger partial charge in [0.05, 0.1) is 11.1 Å². The van der Waals surface area contributed by atoms with Crippen molar-refractivity contribution in [3.05, 3.63) is 46.2 Å². The van der Waals surface area contributed by atoms with E-state index in [0.717, 1.165) is 0 Å². The molecule has 0 atom stereocenters. The van der Waals surface area contributed by atoms with Crippen molar-refractivity contribution in [2.45, 2.75) is 0 Å². The summed E-state index contributed by atoms with van der Waals surface area (Å²) in [5.41, 5.74) is 2.74. The Bertz CT molecular complexity index is 579. The standard InChI is InChI=1S/C12H10N2O3S/c15-9-4-3-8(10(16)6-9)7-13-14-12(17)11-2-1-5-18-11/h1-7,15-16H,(H,14,17)/b13-7+. The van der Waals surface area contributed by atoms with Crippen LogP contribution in [0.2, 0.25) is 0 Å². The van der Waals surface area contributed by atoms with E-state index in [-0.39, 0.29) is 17.4 Å². The van der Waals surface area contributed by atoms with Crippen molar-refractivity contribution >= 4 is 23.5 Å². The van der Waals surface area contributed by atoms with Gasteiger partial charge in [-0.2, -0.15) is 5.10 Å². The molecule has 2 aromatic rings.